The van der Waals surface area contributed by atoms with E-state index in [-0.39, 0.29) is 30.0 Å². The zero-order valence-electron chi connectivity index (χ0n) is 9.44. The number of nitrogens with zero attached hydrogens (tertiary/aromatic N) is 1. The van der Waals surface area contributed by atoms with E-state index < -0.39 is 0 Å². The van der Waals surface area contributed by atoms with Gasteiger partial charge in [0.15, 0.2) is 0 Å². The standard InChI is InChI=1S/C12H13FN2O2/c1-14-12(17)8-6-11(16)15(7-8)10-4-2-9(13)3-5-10/h2-5,8H,6-7H2,1H3,(H,14,17)/t8-/m0/s1. The smallest absolute Gasteiger partial charge is 0.227 e. The fourth-order valence-corrected chi connectivity index (χ4v) is 1.96. The summed E-state index contributed by atoms with van der Waals surface area (Å²) in [4.78, 5) is 24.7. The lowest BCUT2D eigenvalue weighted by Crippen LogP contribution is -2.30. The van der Waals surface area contributed by atoms with Crippen molar-refractivity contribution in [2.45, 2.75) is 6.42 Å². The Labute approximate surface area is 98.4 Å². The second-order valence-electron chi connectivity index (χ2n) is 4.00. The van der Waals surface area contributed by atoms with Gasteiger partial charge in [-0.3, -0.25) is 9.59 Å². The molecular formula is C12H13FN2O2. The normalized spacial score (nSPS) is 19.5. The lowest BCUT2D eigenvalue weighted by atomic mass is 10.1. The van der Waals surface area contributed by atoms with E-state index in [9.17, 15) is 14.0 Å². The quantitative estimate of drug-likeness (QED) is 0.830. The third kappa shape index (κ3) is 2.27. The molecule has 1 saturated heterocycles. The zero-order valence-corrected chi connectivity index (χ0v) is 9.44. The van der Waals surface area contributed by atoms with Crippen LogP contribution in [-0.4, -0.2) is 25.4 Å². The summed E-state index contributed by atoms with van der Waals surface area (Å²) < 4.78 is 12.8. The molecule has 0 unspecified atom stereocenters. The summed E-state index contributed by atoms with van der Waals surface area (Å²) in [5.41, 5.74) is 0.628. The monoisotopic (exact) mass is 236 g/mol. The summed E-state index contributed by atoms with van der Waals surface area (Å²) in [5, 5.41) is 2.53. The SMILES string of the molecule is CNC(=O)[C@H]1CC(=O)N(c2ccc(F)cc2)C1. The van der Waals surface area contributed by atoms with Gasteiger partial charge in [0.05, 0.1) is 5.92 Å². The van der Waals surface area contributed by atoms with E-state index in [0.29, 0.717) is 12.2 Å². The molecule has 5 heteroatoms. The van der Waals surface area contributed by atoms with Crippen LogP contribution in [0.2, 0.25) is 0 Å². The maximum absolute atomic E-state index is 12.8. The number of rotatable bonds is 2. The first-order valence-corrected chi connectivity index (χ1v) is 5.39. The van der Waals surface area contributed by atoms with Gasteiger partial charge in [-0.2, -0.15) is 0 Å². The van der Waals surface area contributed by atoms with Crippen molar-refractivity contribution >= 4 is 17.5 Å². The zero-order chi connectivity index (χ0) is 12.4. The molecule has 1 atom stereocenters. The van der Waals surface area contributed by atoms with Crippen molar-refractivity contribution in [3.8, 4) is 0 Å². The van der Waals surface area contributed by atoms with Crippen LogP contribution in [0.5, 0.6) is 0 Å². The Morgan fingerprint density at radius 3 is 2.65 bits per heavy atom. The minimum Gasteiger partial charge on any atom is -0.359 e. The molecule has 0 aliphatic carbocycles. The summed E-state index contributed by atoms with van der Waals surface area (Å²) in [7, 11) is 1.55. The Kier molecular flexibility index (Phi) is 3.08. The van der Waals surface area contributed by atoms with Crippen LogP contribution in [-0.2, 0) is 9.59 Å². The Balaban J connectivity index is 2.15. The third-order valence-corrected chi connectivity index (χ3v) is 2.88. The fraction of sp³-hybridized carbons (Fsp3) is 0.333. The molecule has 1 aromatic carbocycles. The Bertz CT molecular complexity index is 444. The van der Waals surface area contributed by atoms with Crippen LogP contribution in [0.1, 0.15) is 6.42 Å². The maximum Gasteiger partial charge on any atom is 0.227 e. The maximum atomic E-state index is 12.8. The van der Waals surface area contributed by atoms with Gasteiger partial charge >= 0.3 is 0 Å². The van der Waals surface area contributed by atoms with Gasteiger partial charge < -0.3 is 10.2 Å². The van der Waals surface area contributed by atoms with E-state index in [4.69, 9.17) is 0 Å². The number of benzene rings is 1. The van der Waals surface area contributed by atoms with E-state index in [0.717, 1.165) is 0 Å². The van der Waals surface area contributed by atoms with Crippen LogP contribution in [0.25, 0.3) is 0 Å². The summed E-state index contributed by atoms with van der Waals surface area (Å²) >= 11 is 0. The molecule has 0 bridgehead atoms. The van der Waals surface area contributed by atoms with Gasteiger partial charge in [0.1, 0.15) is 5.82 Å². The van der Waals surface area contributed by atoms with Gasteiger partial charge in [-0.05, 0) is 24.3 Å². The van der Waals surface area contributed by atoms with E-state index in [1.807, 2.05) is 0 Å². The Morgan fingerprint density at radius 1 is 1.41 bits per heavy atom. The molecule has 0 radical (unpaired) electrons. The number of anilines is 1. The molecule has 1 aliphatic heterocycles. The van der Waals surface area contributed by atoms with Gasteiger partial charge in [-0.1, -0.05) is 0 Å². The van der Waals surface area contributed by atoms with Crippen molar-refractivity contribution in [1.29, 1.82) is 0 Å². The van der Waals surface area contributed by atoms with Gasteiger partial charge in [-0.25, -0.2) is 4.39 Å². The topological polar surface area (TPSA) is 49.4 Å². The first-order valence-electron chi connectivity index (χ1n) is 5.39. The number of halogens is 1. The molecule has 1 N–H and O–H groups in total. The number of carbonyl (C=O) groups is 2. The second kappa shape index (κ2) is 4.53. The number of amides is 2. The Hall–Kier alpha value is -1.91. The molecule has 0 saturated carbocycles. The molecule has 0 aromatic heterocycles. The van der Waals surface area contributed by atoms with Crippen molar-refractivity contribution in [3.63, 3.8) is 0 Å². The number of hydrogen-bond acceptors (Lipinski definition) is 2. The molecule has 4 nitrogen and oxygen atoms in total. The molecule has 1 aromatic rings. The Morgan fingerprint density at radius 2 is 2.06 bits per heavy atom. The molecule has 1 aliphatic rings. The molecule has 90 valence electrons. The lowest BCUT2D eigenvalue weighted by Gasteiger charge is -2.16. The second-order valence-corrected chi connectivity index (χ2v) is 4.00. The largest absolute Gasteiger partial charge is 0.359 e. The van der Waals surface area contributed by atoms with Crippen LogP contribution in [0.4, 0.5) is 10.1 Å². The average molecular weight is 236 g/mol. The molecule has 2 amide bonds. The van der Waals surface area contributed by atoms with Crippen molar-refractivity contribution in [2.75, 3.05) is 18.5 Å². The molecule has 17 heavy (non-hydrogen) atoms. The minimum absolute atomic E-state index is 0.106. The molecule has 0 spiro atoms. The highest BCUT2D eigenvalue weighted by Crippen LogP contribution is 2.25. The summed E-state index contributed by atoms with van der Waals surface area (Å²) in [5.74, 6) is -0.908. The summed E-state index contributed by atoms with van der Waals surface area (Å²) in [6.07, 6.45) is 0.205. The van der Waals surface area contributed by atoms with E-state index in [1.165, 1.54) is 17.0 Å². The molecular weight excluding hydrogens is 223 g/mol. The number of hydrogen-bond donors (Lipinski definition) is 1. The first kappa shape index (κ1) is 11.6. The minimum atomic E-state index is -0.344. The van der Waals surface area contributed by atoms with Crippen LogP contribution >= 0.6 is 0 Å². The molecule has 1 heterocycles. The number of nitrogens with one attached hydrogen (secondary N) is 1. The first-order chi connectivity index (χ1) is 8.11. The van der Waals surface area contributed by atoms with Gasteiger partial charge in [0, 0.05) is 25.7 Å². The predicted octanol–water partition coefficient (Wildman–Crippen LogP) is 0.925. The number of carbonyl (C=O) groups excluding carboxylic acids is 2. The summed E-state index contributed by atoms with van der Waals surface area (Å²) in [6.45, 7) is 0.351. The predicted molar refractivity (Wildman–Crippen MR) is 60.9 cm³/mol. The van der Waals surface area contributed by atoms with Crippen LogP contribution < -0.4 is 10.2 Å². The van der Waals surface area contributed by atoms with Crippen LogP contribution in [0.15, 0.2) is 24.3 Å². The lowest BCUT2D eigenvalue weighted by molar-refractivity contribution is -0.125. The van der Waals surface area contributed by atoms with E-state index >= 15 is 0 Å². The molecule has 1 fully saturated rings. The van der Waals surface area contributed by atoms with Crippen LogP contribution in [0, 0.1) is 11.7 Å². The van der Waals surface area contributed by atoms with Crippen molar-refractivity contribution in [2.24, 2.45) is 5.92 Å². The molecule has 2 rings (SSSR count). The van der Waals surface area contributed by atoms with Crippen molar-refractivity contribution in [3.05, 3.63) is 30.1 Å². The van der Waals surface area contributed by atoms with Gasteiger partial charge in [-0.15, -0.1) is 0 Å². The van der Waals surface area contributed by atoms with Crippen molar-refractivity contribution < 1.29 is 14.0 Å². The van der Waals surface area contributed by atoms with Crippen molar-refractivity contribution in [1.82, 2.24) is 5.32 Å². The average Bonchev–Trinajstić information content (AvgIpc) is 2.71. The van der Waals surface area contributed by atoms with E-state index in [2.05, 4.69) is 5.32 Å². The van der Waals surface area contributed by atoms with E-state index in [1.54, 1.807) is 19.2 Å². The highest BCUT2D eigenvalue weighted by molar-refractivity contribution is 6.00. The highest BCUT2D eigenvalue weighted by Gasteiger charge is 2.34. The highest BCUT2D eigenvalue weighted by atomic mass is 19.1. The summed E-state index contributed by atoms with van der Waals surface area (Å²) in [6, 6.07) is 5.69. The van der Waals surface area contributed by atoms with Gasteiger partial charge in [0.2, 0.25) is 11.8 Å². The van der Waals surface area contributed by atoms with Gasteiger partial charge in [0.25, 0.3) is 0 Å². The van der Waals surface area contributed by atoms with Crippen LogP contribution in [0.3, 0.4) is 0 Å². The fourth-order valence-electron chi connectivity index (χ4n) is 1.96. The third-order valence-electron chi connectivity index (χ3n) is 2.88.